The molecule has 0 saturated carbocycles. The molecule has 152 valence electrons. The van der Waals surface area contributed by atoms with E-state index in [1.54, 1.807) is 24.3 Å². The lowest BCUT2D eigenvalue weighted by Gasteiger charge is -2.07. The van der Waals surface area contributed by atoms with Crippen molar-refractivity contribution in [3.8, 4) is 0 Å². The number of benzene rings is 2. The first-order chi connectivity index (χ1) is 14.3. The van der Waals surface area contributed by atoms with Crippen molar-refractivity contribution in [3.05, 3.63) is 91.6 Å². The minimum Gasteiger partial charge on any atom is -0.396 e. The number of aromatic nitrogens is 2. The molecule has 2 aromatic heterocycles. The molecule has 0 saturated heterocycles. The molecule has 0 aliphatic heterocycles. The lowest BCUT2D eigenvalue weighted by Crippen LogP contribution is -2.12. The summed E-state index contributed by atoms with van der Waals surface area (Å²) in [6, 6.07) is 8.72. The van der Waals surface area contributed by atoms with Crippen LogP contribution in [-0.4, -0.2) is 15.5 Å². The Morgan fingerprint density at radius 1 is 1.17 bits per heavy atom. The molecule has 0 spiro atoms. The van der Waals surface area contributed by atoms with Crippen LogP contribution in [0.15, 0.2) is 53.3 Å². The van der Waals surface area contributed by atoms with Crippen LogP contribution in [0.4, 0.5) is 14.5 Å². The Morgan fingerprint density at radius 3 is 2.57 bits per heavy atom. The highest BCUT2D eigenvalue weighted by Gasteiger charge is 2.22. The molecule has 4 aromatic rings. The number of anilines is 1. The van der Waals surface area contributed by atoms with E-state index in [-0.39, 0.29) is 33.3 Å². The summed E-state index contributed by atoms with van der Waals surface area (Å²) < 4.78 is 30.7. The second-order valence-electron chi connectivity index (χ2n) is 6.56. The molecule has 4 nitrogen and oxygen atoms in total. The van der Waals surface area contributed by atoms with Crippen LogP contribution in [-0.2, 0) is 6.42 Å². The van der Waals surface area contributed by atoms with Gasteiger partial charge in [-0.25, -0.2) is 13.8 Å². The number of nitrogen functional groups attached to an aromatic ring is 1. The largest absolute Gasteiger partial charge is 0.396 e. The molecule has 2 N–H and O–H groups in total. The first kappa shape index (κ1) is 20.8. The van der Waals surface area contributed by atoms with Gasteiger partial charge in [0.15, 0.2) is 5.82 Å². The van der Waals surface area contributed by atoms with Crippen molar-refractivity contribution in [1.82, 2.24) is 9.55 Å². The predicted octanol–water partition coefficient (Wildman–Crippen LogP) is 6.25. The van der Waals surface area contributed by atoms with Gasteiger partial charge in [0.05, 0.1) is 21.3 Å². The van der Waals surface area contributed by atoms with Crippen molar-refractivity contribution in [2.45, 2.75) is 6.42 Å². The molecule has 4 rings (SSSR count). The van der Waals surface area contributed by atoms with Gasteiger partial charge in [-0.05, 0) is 51.8 Å². The van der Waals surface area contributed by atoms with Crippen LogP contribution < -0.4 is 5.73 Å². The second kappa shape index (κ2) is 7.98. The maximum atomic E-state index is 14.5. The van der Waals surface area contributed by atoms with Crippen LogP contribution in [0, 0.1) is 11.6 Å². The van der Waals surface area contributed by atoms with Crippen molar-refractivity contribution < 1.29 is 13.6 Å². The maximum Gasteiger partial charge on any atom is 0.266 e. The summed E-state index contributed by atoms with van der Waals surface area (Å²) in [5.74, 6) is -2.07. The van der Waals surface area contributed by atoms with Crippen LogP contribution >= 0.6 is 39.1 Å². The van der Waals surface area contributed by atoms with Gasteiger partial charge in [-0.15, -0.1) is 0 Å². The monoisotopic (exact) mass is 509 g/mol. The van der Waals surface area contributed by atoms with Gasteiger partial charge in [-0.2, -0.15) is 0 Å². The summed E-state index contributed by atoms with van der Waals surface area (Å²) >= 11 is 15.7. The second-order valence-corrected chi connectivity index (χ2v) is 8.29. The average Bonchev–Trinajstić information content (AvgIpc) is 3.05. The lowest BCUT2D eigenvalue weighted by atomic mass is 10.0. The first-order valence-corrected chi connectivity index (χ1v) is 10.2. The number of hydrogen-bond acceptors (Lipinski definition) is 3. The number of pyridine rings is 1. The van der Waals surface area contributed by atoms with Crippen LogP contribution in [0.3, 0.4) is 0 Å². The Bertz CT molecular complexity index is 1300. The molecule has 2 aromatic carbocycles. The molecular formula is C21H12BrCl2F2N3O. The number of rotatable bonds is 3. The normalized spacial score (nSPS) is 11.2. The van der Waals surface area contributed by atoms with Gasteiger partial charge in [0.1, 0.15) is 11.5 Å². The van der Waals surface area contributed by atoms with Gasteiger partial charge >= 0.3 is 0 Å². The average molecular weight is 511 g/mol. The van der Waals surface area contributed by atoms with E-state index < -0.39 is 17.5 Å². The molecule has 0 unspecified atom stereocenters. The van der Waals surface area contributed by atoms with Gasteiger partial charge in [-0.1, -0.05) is 29.3 Å². The minimum atomic E-state index is -0.834. The Hall–Kier alpha value is -2.48. The van der Waals surface area contributed by atoms with Crippen molar-refractivity contribution in [1.29, 1.82) is 0 Å². The molecule has 0 amide bonds. The number of nitrogens with two attached hydrogens (primary N) is 1. The summed E-state index contributed by atoms with van der Waals surface area (Å²) in [6.07, 6.45) is 2.87. The highest BCUT2D eigenvalue weighted by Crippen LogP contribution is 2.31. The van der Waals surface area contributed by atoms with E-state index in [1.807, 2.05) is 0 Å². The molecule has 9 heteroatoms. The van der Waals surface area contributed by atoms with E-state index in [1.165, 1.54) is 23.0 Å². The van der Waals surface area contributed by atoms with Crippen LogP contribution in [0.25, 0.3) is 11.0 Å². The zero-order valence-corrected chi connectivity index (χ0v) is 18.2. The van der Waals surface area contributed by atoms with E-state index in [0.717, 1.165) is 6.07 Å². The standard InChI is InChI=1S/C21H12BrCl2F2N3O/c22-11-7-12-10(6-13-16(25)4-5-17(27)19(13)26)9-29(20(12)28-8-11)21(30)18-14(23)2-1-3-15(18)24/h1-5,7-9H,6,27H2. The van der Waals surface area contributed by atoms with Crippen molar-refractivity contribution in [2.24, 2.45) is 0 Å². The fourth-order valence-corrected chi connectivity index (χ4v) is 4.12. The number of carbonyl (C=O) groups is 1. The smallest absolute Gasteiger partial charge is 0.266 e. The van der Waals surface area contributed by atoms with Gasteiger partial charge < -0.3 is 5.73 Å². The van der Waals surface area contributed by atoms with E-state index in [0.29, 0.717) is 21.1 Å². The third-order valence-corrected chi connectivity index (χ3v) is 5.73. The number of carbonyl (C=O) groups excluding carboxylic acids is 1. The molecular weight excluding hydrogens is 499 g/mol. The van der Waals surface area contributed by atoms with Crippen LogP contribution in [0.5, 0.6) is 0 Å². The molecule has 2 heterocycles. The summed E-state index contributed by atoms with van der Waals surface area (Å²) in [5.41, 5.74) is 6.13. The molecule has 30 heavy (non-hydrogen) atoms. The zero-order chi connectivity index (χ0) is 21.6. The molecule has 0 radical (unpaired) electrons. The SMILES string of the molecule is Nc1ccc(F)c(Cc2cn(C(=O)c3c(Cl)cccc3Cl)c3ncc(Br)cc23)c1F. The number of nitrogens with zero attached hydrogens (tertiary/aromatic N) is 2. The van der Waals surface area contributed by atoms with Crippen molar-refractivity contribution >= 4 is 61.8 Å². The molecule has 0 bridgehead atoms. The van der Waals surface area contributed by atoms with Gasteiger partial charge in [0.2, 0.25) is 0 Å². The fraction of sp³-hybridized carbons (Fsp3) is 0.0476. The lowest BCUT2D eigenvalue weighted by molar-refractivity contribution is 0.0964. The number of hydrogen-bond donors (Lipinski definition) is 1. The fourth-order valence-electron chi connectivity index (χ4n) is 3.23. The quantitative estimate of drug-likeness (QED) is 0.331. The topological polar surface area (TPSA) is 60.9 Å². The van der Waals surface area contributed by atoms with Gasteiger partial charge in [0.25, 0.3) is 5.91 Å². The highest BCUT2D eigenvalue weighted by molar-refractivity contribution is 9.10. The zero-order valence-electron chi connectivity index (χ0n) is 15.1. The third kappa shape index (κ3) is 3.57. The maximum absolute atomic E-state index is 14.5. The Balaban J connectivity index is 1.90. The number of halogens is 5. The van der Waals surface area contributed by atoms with Crippen LogP contribution in [0.1, 0.15) is 21.5 Å². The molecule has 0 atom stereocenters. The van der Waals surface area contributed by atoms with E-state index in [2.05, 4.69) is 20.9 Å². The highest BCUT2D eigenvalue weighted by atomic mass is 79.9. The van der Waals surface area contributed by atoms with Crippen molar-refractivity contribution in [2.75, 3.05) is 5.73 Å². The van der Waals surface area contributed by atoms with E-state index in [9.17, 15) is 13.6 Å². The van der Waals surface area contributed by atoms with Gasteiger partial charge in [-0.3, -0.25) is 9.36 Å². The molecule has 0 aliphatic carbocycles. The molecule has 0 aliphatic rings. The van der Waals surface area contributed by atoms with Crippen LogP contribution in [0.2, 0.25) is 10.0 Å². The summed E-state index contributed by atoms with van der Waals surface area (Å²) in [7, 11) is 0. The van der Waals surface area contributed by atoms with Gasteiger partial charge in [0, 0.05) is 34.2 Å². The summed E-state index contributed by atoms with van der Waals surface area (Å²) in [5, 5.41) is 0.906. The van der Waals surface area contributed by atoms with Crippen molar-refractivity contribution in [3.63, 3.8) is 0 Å². The summed E-state index contributed by atoms with van der Waals surface area (Å²) in [4.78, 5) is 17.5. The predicted molar refractivity (Wildman–Crippen MR) is 117 cm³/mol. The Kier molecular flexibility index (Phi) is 5.53. The Morgan fingerprint density at radius 2 is 1.87 bits per heavy atom. The number of fused-ring (bicyclic) bond motifs is 1. The Labute approximate surface area is 188 Å². The van der Waals surface area contributed by atoms with E-state index >= 15 is 0 Å². The summed E-state index contributed by atoms with van der Waals surface area (Å²) in [6.45, 7) is 0. The molecule has 0 fully saturated rings. The third-order valence-electron chi connectivity index (χ3n) is 4.67. The van der Waals surface area contributed by atoms with E-state index in [4.69, 9.17) is 28.9 Å². The minimum absolute atomic E-state index is 0.107. The first-order valence-electron chi connectivity index (χ1n) is 8.64.